The largest absolute Gasteiger partial charge is 0.370 e. The lowest BCUT2D eigenvalue weighted by atomic mass is 10.2. The van der Waals surface area contributed by atoms with Crippen LogP contribution in [0.25, 0.3) is 0 Å². The van der Waals surface area contributed by atoms with Crippen molar-refractivity contribution in [3.8, 4) is 0 Å². The molecule has 94 valence electrons. The van der Waals surface area contributed by atoms with E-state index in [2.05, 4.69) is 63.6 Å². The first-order chi connectivity index (χ1) is 8.69. The van der Waals surface area contributed by atoms with Gasteiger partial charge in [-0.05, 0) is 37.6 Å². The van der Waals surface area contributed by atoms with Crippen LogP contribution in [0.2, 0.25) is 0 Å². The minimum atomic E-state index is 0.868. The summed E-state index contributed by atoms with van der Waals surface area (Å²) in [6, 6.07) is 10.2. The van der Waals surface area contributed by atoms with Crippen LogP contribution in [0.3, 0.4) is 0 Å². The van der Waals surface area contributed by atoms with Gasteiger partial charge in [0.1, 0.15) is 5.82 Å². The molecule has 0 aliphatic heterocycles. The molecule has 0 saturated heterocycles. The van der Waals surface area contributed by atoms with Crippen LogP contribution in [0.15, 0.2) is 41.0 Å². The lowest BCUT2D eigenvalue weighted by molar-refractivity contribution is 1.16. The second-order valence-corrected chi connectivity index (χ2v) is 4.90. The molecule has 0 atom stereocenters. The number of nitrogens with one attached hydrogen (secondary N) is 2. The summed E-state index contributed by atoms with van der Waals surface area (Å²) in [4.78, 5) is 4.24. The van der Waals surface area contributed by atoms with E-state index in [4.69, 9.17) is 0 Å². The first kappa shape index (κ1) is 12.9. The molecule has 0 unspecified atom stereocenters. The monoisotopic (exact) mass is 305 g/mol. The average molecular weight is 306 g/mol. The van der Waals surface area contributed by atoms with Gasteiger partial charge < -0.3 is 10.6 Å². The van der Waals surface area contributed by atoms with Crippen LogP contribution >= 0.6 is 15.9 Å². The Kier molecular flexibility index (Phi) is 4.20. The molecule has 0 spiro atoms. The number of hydrogen-bond acceptors (Lipinski definition) is 3. The maximum atomic E-state index is 4.24. The first-order valence-electron chi connectivity index (χ1n) is 5.92. The summed E-state index contributed by atoms with van der Waals surface area (Å²) in [6.07, 6.45) is 1.80. The van der Waals surface area contributed by atoms with E-state index < -0.39 is 0 Å². The molecule has 2 rings (SSSR count). The van der Waals surface area contributed by atoms with Crippen LogP contribution in [0, 0.1) is 6.92 Å². The summed E-state index contributed by atoms with van der Waals surface area (Å²) < 4.78 is 1.11. The van der Waals surface area contributed by atoms with Crippen molar-refractivity contribution in [1.29, 1.82) is 0 Å². The van der Waals surface area contributed by atoms with Gasteiger partial charge >= 0.3 is 0 Å². The van der Waals surface area contributed by atoms with Gasteiger partial charge in [0.25, 0.3) is 0 Å². The molecule has 1 aromatic heterocycles. The van der Waals surface area contributed by atoms with Crippen LogP contribution in [0.4, 0.5) is 17.2 Å². The number of nitrogens with zero attached hydrogens (tertiary/aromatic N) is 1. The third-order valence-corrected chi connectivity index (χ3v) is 3.43. The molecule has 0 fully saturated rings. The third kappa shape index (κ3) is 3.23. The predicted molar refractivity (Wildman–Crippen MR) is 80.6 cm³/mol. The van der Waals surface area contributed by atoms with E-state index in [0.29, 0.717) is 0 Å². The Morgan fingerprint density at radius 2 is 1.94 bits per heavy atom. The lowest BCUT2D eigenvalue weighted by Crippen LogP contribution is -1.99. The van der Waals surface area contributed by atoms with Crippen LogP contribution < -0.4 is 10.6 Å². The number of rotatable bonds is 4. The Hall–Kier alpha value is -1.55. The van der Waals surface area contributed by atoms with Crippen LogP contribution in [-0.2, 0) is 0 Å². The van der Waals surface area contributed by atoms with E-state index in [1.54, 1.807) is 6.20 Å². The summed E-state index contributed by atoms with van der Waals surface area (Å²) in [5.41, 5.74) is 3.31. The fourth-order valence-electron chi connectivity index (χ4n) is 1.62. The zero-order valence-electron chi connectivity index (χ0n) is 10.5. The van der Waals surface area contributed by atoms with Gasteiger partial charge in [-0.15, -0.1) is 0 Å². The van der Waals surface area contributed by atoms with E-state index in [0.717, 1.165) is 28.2 Å². The highest BCUT2D eigenvalue weighted by molar-refractivity contribution is 9.10. The number of aromatic nitrogens is 1. The molecule has 0 aliphatic carbocycles. The Morgan fingerprint density at radius 3 is 2.67 bits per heavy atom. The van der Waals surface area contributed by atoms with Crippen molar-refractivity contribution in [3.05, 3.63) is 46.6 Å². The summed E-state index contributed by atoms with van der Waals surface area (Å²) in [6.45, 7) is 5.00. The van der Waals surface area contributed by atoms with Crippen molar-refractivity contribution < 1.29 is 0 Å². The van der Waals surface area contributed by atoms with Crippen molar-refractivity contribution in [2.75, 3.05) is 17.2 Å². The van der Waals surface area contributed by atoms with Crippen molar-refractivity contribution in [2.24, 2.45) is 0 Å². The van der Waals surface area contributed by atoms with Crippen molar-refractivity contribution in [3.63, 3.8) is 0 Å². The van der Waals surface area contributed by atoms with Crippen molar-refractivity contribution >= 4 is 33.1 Å². The molecule has 1 heterocycles. The number of pyridine rings is 1. The van der Waals surface area contributed by atoms with Gasteiger partial charge in [-0.2, -0.15) is 0 Å². The first-order valence-corrected chi connectivity index (χ1v) is 6.71. The molecule has 0 radical (unpaired) electrons. The number of anilines is 3. The van der Waals surface area contributed by atoms with Crippen LogP contribution in [0.5, 0.6) is 0 Å². The zero-order chi connectivity index (χ0) is 13.0. The standard InChI is InChI=1S/C14H16BrN3/c1-3-16-14-9-12(6-7-17-14)18-11-5-4-10(2)13(15)8-11/h4-9H,3H2,1-2H3,(H2,16,17,18). The molecule has 0 amide bonds. The fourth-order valence-corrected chi connectivity index (χ4v) is 2.00. The van der Waals surface area contributed by atoms with Gasteiger partial charge in [-0.1, -0.05) is 22.0 Å². The highest BCUT2D eigenvalue weighted by Gasteiger charge is 2.00. The smallest absolute Gasteiger partial charge is 0.127 e. The number of benzene rings is 1. The van der Waals surface area contributed by atoms with Crippen LogP contribution in [-0.4, -0.2) is 11.5 Å². The Balaban J connectivity index is 2.17. The fraction of sp³-hybridized carbons (Fsp3) is 0.214. The van der Waals surface area contributed by atoms with Crippen LogP contribution in [0.1, 0.15) is 12.5 Å². The van der Waals surface area contributed by atoms with Crippen molar-refractivity contribution in [2.45, 2.75) is 13.8 Å². The number of halogens is 1. The Bertz CT molecular complexity index is 540. The molecule has 2 aromatic rings. The lowest BCUT2D eigenvalue weighted by Gasteiger charge is -2.09. The van der Waals surface area contributed by atoms with E-state index in [-0.39, 0.29) is 0 Å². The second-order valence-electron chi connectivity index (χ2n) is 4.05. The Labute approximate surface area is 116 Å². The highest BCUT2D eigenvalue weighted by Crippen LogP contribution is 2.24. The van der Waals surface area contributed by atoms with E-state index in [1.807, 2.05) is 12.1 Å². The molecule has 18 heavy (non-hydrogen) atoms. The third-order valence-electron chi connectivity index (χ3n) is 2.58. The SMILES string of the molecule is CCNc1cc(Nc2ccc(C)c(Br)c2)ccn1. The summed E-state index contributed by atoms with van der Waals surface area (Å²) >= 11 is 3.53. The maximum Gasteiger partial charge on any atom is 0.127 e. The summed E-state index contributed by atoms with van der Waals surface area (Å²) in [5.74, 6) is 0.883. The number of aryl methyl sites for hydroxylation is 1. The molecule has 0 bridgehead atoms. The van der Waals surface area contributed by atoms with Crippen molar-refractivity contribution in [1.82, 2.24) is 4.98 Å². The predicted octanol–water partition coefficient (Wildman–Crippen LogP) is 4.33. The minimum absolute atomic E-state index is 0.868. The molecular weight excluding hydrogens is 290 g/mol. The molecule has 0 aliphatic rings. The molecule has 3 nitrogen and oxygen atoms in total. The van der Waals surface area contributed by atoms with Gasteiger partial charge in [-0.25, -0.2) is 4.98 Å². The molecule has 2 N–H and O–H groups in total. The molecule has 0 saturated carbocycles. The quantitative estimate of drug-likeness (QED) is 0.883. The maximum absolute atomic E-state index is 4.24. The molecule has 4 heteroatoms. The van der Waals surface area contributed by atoms with E-state index in [1.165, 1.54) is 5.56 Å². The van der Waals surface area contributed by atoms with Gasteiger partial charge in [0.15, 0.2) is 0 Å². The highest BCUT2D eigenvalue weighted by atomic mass is 79.9. The molecular formula is C14H16BrN3. The van der Waals surface area contributed by atoms with E-state index >= 15 is 0 Å². The topological polar surface area (TPSA) is 37.0 Å². The zero-order valence-corrected chi connectivity index (χ0v) is 12.1. The Morgan fingerprint density at radius 1 is 1.17 bits per heavy atom. The second kappa shape index (κ2) is 5.87. The van der Waals surface area contributed by atoms with Gasteiger partial charge in [0.05, 0.1) is 0 Å². The number of hydrogen-bond donors (Lipinski definition) is 2. The summed E-state index contributed by atoms with van der Waals surface area (Å²) in [5, 5.41) is 6.55. The van der Waals surface area contributed by atoms with Gasteiger partial charge in [0.2, 0.25) is 0 Å². The van der Waals surface area contributed by atoms with Gasteiger partial charge in [-0.3, -0.25) is 0 Å². The normalized spacial score (nSPS) is 10.2. The molecule has 1 aromatic carbocycles. The average Bonchev–Trinajstić information content (AvgIpc) is 2.35. The summed E-state index contributed by atoms with van der Waals surface area (Å²) in [7, 11) is 0. The van der Waals surface area contributed by atoms with E-state index in [9.17, 15) is 0 Å². The minimum Gasteiger partial charge on any atom is -0.370 e. The van der Waals surface area contributed by atoms with Gasteiger partial charge in [0, 0.05) is 34.7 Å².